The quantitative estimate of drug-likeness (QED) is 0.799. The highest BCUT2D eigenvalue weighted by Gasteiger charge is 2.17. The molecule has 1 aliphatic heterocycles. The van der Waals surface area contributed by atoms with Crippen molar-refractivity contribution in [3.05, 3.63) is 32.2 Å². The van der Waals surface area contributed by atoms with E-state index in [1.165, 1.54) is 40.9 Å². The van der Waals surface area contributed by atoms with Crippen LogP contribution in [0.1, 0.15) is 41.7 Å². The van der Waals surface area contributed by atoms with Gasteiger partial charge in [0.25, 0.3) is 0 Å². The number of rotatable bonds is 6. The summed E-state index contributed by atoms with van der Waals surface area (Å²) >= 11 is 3.59. The number of hydrogen-bond acceptors (Lipinski definition) is 6. The number of aryl methyl sites for hydroxylation is 2. The van der Waals surface area contributed by atoms with Gasteiger partial charge in [0.05, 0.1) is 21.4 Å². The van der Waals surface area contributed by atoms with Gasteiger partial charge in [0, 0.05) is 36.9 Å². The van der Waals surface area contributed by atoms with Crippen LogP contribution in [0, 0.1) is 0 Å². The van der Waals surface area contributed by atoms with Crippen LogP contribution >= 0.6 is 22.7 Å². The molecule has 3 heterocycles. The summed E-state index contributed by atoms with van der Waals surface area (Å²) in [5.41, 5.74) is 2.49. The smallest absolute Gasteiger partial charge is 0.0926 e. The van der Waals surface area contributed by atoms with Crippen molar-refractivity contribution in [3.63, 3.8) is 0 Å². The summed E-state index contributed by atoms with van der Waals surface area (Å²) in [4.78, 5) is 14.5. The molecule has 4 nitrogen and oxygen atoms in total. The summed E-state index contributed by atoms with van der Waals surface area (Å²) in [6, 6.07) is 0. The lowest BCUT2D eigenvalue weighted by molar-refractivity contribution is 0.244. The van der Waals surface area contributed by atoms with Crippen LogP contribution in [0.5, 0.6) is 0 Å². The third-order valence-corrected chi connectivity index (χ3v) is 6.34. The predicted octanol–water partition coefficient (Wildman–Crippen LogP) is 3.43. The summed E-state index contributed by atoms with van der Waals surface area (Å²) in [7, 11) is 0. The van der Waals surface area contributed by atoms with Gasteiger partial charge in [0.1, 0.15) is 0 Å². The lowest BCUT2D eigenvalue weighted by Gasteiger charge is -2.20. The fourth-order valence-electron chi connectivity index (χ4n) is 2.97. The highest BCUT2D eigenvalue weighted by molar-refractivity contribution is 7.09. The Morgan fingerprint density at radius 2 is 1.30 bits per heavy atom. The van der Waals surface area contributed by atoms with Gasteiger partial charge in [-0.1, -0.05) is 13.8 Å². The molecule has 2 aromatic rings. The third kappa shape index (κ3) is 4.83. The van der Waals surface area contributed by atoms with Crippen LogP contribution in [0.3, 0.4) is 0 Å². The Morgan fingerprint density at radius 1 is 0.826 bits per heavy atom. The van der Waals surface area contributed by atoms with E-state index in [4.69, 9.17) is 9.97 Å². The van der Waals surface area contributed by atoms with Gasteiger partial charge in [-0.15, -0.1) is 22.7 Å². The number of hydrogen-bond donors (Lipinski definition) is 0. The maximum absolute atomic E-state index is 4.71. The van der Waals surface area contributed by atoms with Crippen LogP contribution in [-0.4, -0.2) is 45.9 Å². The molecule has 0 amide bonds. The molecule has 0 saturated carbocycles. The Labute approximate surface area is 147 Å². The molecular weight excluding hydrogens is 324 g/mol. The molecule has 0 aliphatic carbocycles. The summed E-state index contributed by atoms with van der Waals surface area (Å²) in [5, 5.41) is 6.96. The average Bonchev–Trinajstić information content (AvgIpc) is 3.15. The van der Waals surface area contributed by atoms with Crippen molar-refractivity contribution in [2.45, 2.75) is 46.2 Å². The highest BCUT2D eigenvalue weighted by Crippen LogP contribution is 2.16. The molecule has 126 valence electrons. The fourth-order valence-corrected chi connectivity index (χ4v) is 4.44. The van der Waals surface area contributed by atoms with Crippen LogP contribution in [0.2, 0.25) is 0 Å². The average molecular weight is 351 g/mol. The molecular formula is C17H26N4S2. The molecule has 2 aromatic heterocycles. The molecule has 3 rings (SSSR count). The molecule has 6 heteroatoms. The summed E-state index contributed by atoms with van der Waals surface area (Å²) in [5.74, 6) is 0. The Kier molecular flexibility index (Phi) is 6.16. The minimum absolute atomic E-state index is 1.00. The minimum Gasteiger partial charge on any atom is -0.296 e. The van der Waals surface area contributed by atoms with E-state index in [0.717, 1.165) is 39.0 Å². The molecule has 0 spiro atoms. The van der Waals surface area contributed by atoms with E-state index in [9.17, 15) is 0 Å². The van der Waals surface area contributed by atoms with Gasteiger partial charge < -0.3 is 0 Å². The lowest BCUT2D eigenvalue weighted by atomic mass is 10.3. The second-order valence-corrected chi connectivity index (χ2v) is 7.96. The molecule has 0 bridgehead atoms. The molecule has 0 radical (unpaired) electrons. The Balaban J connectivity index is 1.50. The Hall–Kier alpha value is -0.820. The van der Waals surface area contributed by atoms with Crippen molar-refractivity contribution in [1.29, 1.82) is 0 Å². The zero-order valence-corrected chi connectivity index (χ0v) is 15.8. The van der Waals surface area contributed by atoms with E-state index in [2.05, 4.69) is 34.4 Å². The van der Waals surface area contributed by atoms with Crippen molar-refractivity contribution in [2.75, 3.05) is 26.2 Å². The van der Waals surface area contributed by atoms with Crippen LogP contribution in [0.25, 0.3) is 0 Å². The van der Waals surface area contributed by atoms with E-state index in [1.807, 2.05) is 0 Å². The second kappa shape index (κ2) is 8.33. The zero-order chi connectivity index (χ0) is 16.1. The first-order chi connectivity index (χ1) is 11.3. The first-order valence-electron chi connectivity index (χ1n) is 8.58. The van der Waals surface area contributed by atoms with Gasteiger partial charge in [-0.25, -0.2) is 9.97 Å². The van der Waals surface area contributed by atoms with E-state index >= 15 is 0 Å². The zero-order valence-electron chi connectivity index (χ0n) is 14.1. The normalized spacial score (nSPS) is 17.5. The van der Waals surface area contributed by atoms with Gasteiger partial charge in [0.15, 0.2) is 0 Å². The third-order valence-electron chi connectivity index (χ3n) is 4.26. The molecule has 23 heavy (non-hydrogen) atoms. The minimum atomic E-state index is 1.00. The van der Waals surface area contributed by atoms with Gasteiger partial charge >= 0.3 is 0 Å². The van der Waals surface area contributed by atoms with Crippen molar-refractivity contribution < 1.29 is 0 Å². The van der Waals surface area contributed by atoms with Crippen LogP contribution in [0.15, 0.2) is 10.8 Å². The van der Waals surface area contributed by atoms with Gasteiger partial charge in [0.2, 0.25) is 0 Å². The summed E-state index contributed by atoms with van der Waals surface area (Å²) in [6.07, 6.45) is 3.33. The molecule has 0 aromatic carbocycles. The molecule has 0 atom stereocenters. The monoisotopic (exact) mass is 350 g/mol. The maximum atomic E-state index is 4.71. The highest BCUT2D eigenvalue weighted by atomic mass is 32.1. The topological polar surface area (TPSA) is 32.3 Å². The summed E-state index contributed by atoms with van der Waals surface area (Å²) < 4.78 is 0. The van der Waals surface area contributed by atoms with Crippen LogP contribution < -0.4 is 0 Å². The molecule has 0 N–H and O–H groups in total. The second-order valence-electron chi connectivity index (χ2n) is 6.08. The largest absolute Gasteiger partial charge is 0.296 e. The van der Waals surface area contributed by atoms with Crippen molar-refractivity contribution in [3.8, 4) is 0 Å². The van der Waals surface area contributed by atoms with Gasteiger partial charge in [-0.2, -0.15) is 0 Å². The van der Waals surface area contributed by atoms with Gasteiger partial charge in [-0.05, 0) is 32.4 Å². The summed E-state index contributed by atoms with van der Waals surface area (Å²) in [6.45, 7) is 11.0. The fraction of sp³-hybridized carbons (Fsp3) is 0.647. The number of nitrogens with zero attached hydrogens (tertiary/aromatic N) is 4. The Morgan fingerprint density at radius 3 is 1.70 bits per heavy atom. The van der Waals surface area contributed by atoms with Crippen molar-refractivity contribution in [1.82, 2.24) is 19.8 Å². The standard InChI is InChI=1S/C17H26N4S2/c1-3-16-18-14(12-22-16)10-20-6-5-7-21(9-8-20)11-15-13-23-17(4-2)19-15/h12-13H,3-11H2,1-2H3. The van der Waals surface area contributed by atoms with Crippen LogP contribution in [0.4, 0.5) is 0 Å². The maximum Gasteiger partial charge on any atom is 0.0926 e. The number of thiazole rings is 2. The molecule has 1 fully saturated rings. The van der Waals surface area contributed by atoms with E-state index in [-0.39, 0.29) is 0 Å². The SMILES string of the molecule is CCc1nc(CN2CCCN(Cc3csc(CC)n3)CC2)cs1. The van der Waals surface area contributed by atoms with E-state index < -0.39 is 0 Å². The first-order valence-corrected chi connectivity index (χ1v) is 10.3. The molecule has 1 aliphatic rings. The predicted molar refractivity (Wildman–Crippen MR) is 98.2 cm³/mol. The molecule has 1 saturated heterocycles. The Bertz CT molecular complexity index is 555. The van der Waals surface area contributed by atoms with Gasteiger partial charge in [-0.3, -0.25) is 9.80 Å². The van der Waals surface area contributed by atoms with Crippen molar-refractivity contribution >= 4 is 22.7 Å². The van der Waals surface area contributed by atoms with Crippen LogP contribution in [-0.2, 0) is 25.9 Å². The van der Waals surface area contributed by atoms with E-state index in [0.29, 0.717) is 0 Å². The van der Waals surface area contributed by atoms with Crippen molar-refractivity contribution in [2.24, 2.45) is 0 Å². The lowest BCUT2D eigenvalue weighted by Crippen LogP contribution is -2.30. The van der Waals surface area contributed by atoms with E-state index in [1.54, 1.807) is 22.7 Å². The number of aromatic nitrogens is 2. The molecule has 0 unspecified atom stereocenters. The first kappa shape index (κ1) is 17.0.